The first-order valence-electron chi connectivity index (χ1n) is 15.4. The first-order valence-corrected chi connectivity index (χ1v) is 15.4. The van der Waals surface area contributed by atoms with Crippen molar-refractivity contribution in [3.63, 3.8) is 0 Å². The van der Waals surface area contributed by atoms with E-state index in [0.717, 1.165) is 44.6 Å². The molecule has 0 aromatic carbocycles. The van der Waals surface area contributed by atoms with Crippen LogP contribution in [0.4, 0.5) is 0 Å². The van der Waals surface area contributed by atoms with Gasteiger partial charge in [0.25, 0.3) is 0 Å². The molecule has 0 unspecified atom stereocenters. The van der Waals surface area contributed by atoms with Crippen LogP contribution < -0.4 is 0 Å². The molecule has 0 aliphatic heterocycles. The van der Waals surface area contributed by atoms with Crippen molar-refractivity contribution in [3.05, 3.63) is 12.7 Å². The molecular formula is C33H64O12. The van der Waals surface area contributed by atoms with Crippen molar-refractivity contribution < 1.29 is 57.4 Å². The van der Waals surface area contributed by atoms with Crippen LogP contribution in [0.3, 0.4) is 0 Å². The molecule has 0 saturated carbocycles. The van der Waals surface area contributed by atoms with Crippen LogP contribution in [0.15, 0.2) is 12.7 Å². The number of hydrogen-bond donors (Lipinski definition) is 1. The van der Waals surface area contributed by atoms with Gasteiger partial charge in [-0.05, 0) is 46.0 Å². The monoisotopic (exact) mass is 652 g/mol. The maximum absolute atomic E-state index is 10.6. The van der Waals surface area contributed by atoms with Gasteiger partial charge in [0.05, 0.1) is 70.3 Å². The maximum Gasteiger partial charge on any atom is 0.330 e. The molecule has 0 fully saturated rings. The zero-order valence-corrected chi connectivity index (χ0v) is 29.5. The van der Waals surface area contributed by atoms with Gasteiger partial charge in [-0.25, -0.2) is 4.79 Å². The van der Waals surface area contributed by atoms with Gasteiger partial charge in [-0.1, -0.05) is 13.0 Å². The van der Waals surface area contributed by atoms with Gasteiger partial charge in [0.2, 0.25) is 0 Å². The number of esters is 1. The zero-order valence-electron chi connectivity index (χ0n) is 29.5. The van der Waals surface area contributed by atoms with Gasteiger partial charge in [-0.2, -0.15) is 0 Å². The van der Waals surface area contributed by atoms with Gasteiger partial charge < -0.3 is 52.6 Å². The van der Waals surface area contributed by atoms with Crippen LogP contribution in [0.25, 0.3) is 0 Å². The number of aliphatic hydroxyl groups is 1. The lowest BCUT2D eigenvalue weighted by Gasteiger charge is -2.35. The van der Waals surface area contributed by atoms with Crippen molar-refractivity contribution in [1.29, 1.82) is 0 Å². The van der Waals surface area contributed by atoms with Crippen LogP contribution in [-0.2, 0) is 52.3 Å². The molecule has 0 aromatic rings. The van der Waals surface area contributed by atoms with E-state index in [0.29, 0.717) is 72.3 Å². The predicted molar refractivity (Wildman–Crippen MR) is 173 cm³/mol. The molecule has 0 spiro atoms. The van der Waals surface area contributed by atoms with Crippen molar-refractivity contribution >= 4 is 17.5 Å². The Morgan fingerprint density at radius 2 is 0.933 bits per heavy atom. The van der Waals surface area contributed by atoms with Gasteiger partial charge in [-0.15, -0.1) is 0 Å². The summed E-state index contributed by atoms with van der Waals surface area (Å²) in [5, 5.41) is 8.35. The summed E-state index contributed by atoms with van der Waals surface area (Å²) >= 11 is 0. The number of methoxy groups -OCH3 is 6. The fourth-order valence-corrected chi connectivity index (χ4v) is 4.37. The minimum absolute atomic E-state index is 0.211. The zero-order chi connectivity index (χ0) is 34.8. The molecule has 0 saturated heterocycles. The summed E-state index contributed by atoms with van der Waals surface area (Å²) in [5.74, 6) is 0.0718. The van der Waals surface area contributed by atoms with E-state index in [1.807, 2.05) is 0 Å². The molecule has 1 N–H and O–H groups in total. The highest BCUT2D eigenvalue weighted by molar-refractivity contribution is 5.81. The largest absolute Gasteiger partial charge is 0.463 e. The van der Waals surface area contributed by atoms with Crippen molar-refractivity contribution in [2.75, 3.05) is 109 Å². The van der Waals surface area contributed by atoms with Crippen LogP contribution in [-0.4, -0.2) is 131 Å². The Balaban J connectivity index is -0.000000671. The number of Topliss-reactive ketones (excluding diaryl/α,β-unsaturated/α-hetero) is 2. The Bertz CT molecular complexity index is 654. The molecule has 0 aromatic heterocycles. The van der Waals surface area contributed by atoms with Crippen LogP contribution in [0.1, 0.15) is 65.2 Å². The van der Waals surface area contributed by atoms with Gasteiger partial charge in [0, 0.05) is 68.2 Å². The van der Waals surface area contributed by atoms with Crippen LogP contribution in [0.5, 0.6) is 0 Å². The fourth-order valence-electron chi connectivity index (χ4n) is 4.37. The quantitative estimate of drug-likeness (QED) is 0.0744. The lowest BCUT2D eigenvalue weighted by molar-refractivity contribution is -0.137. The molecule has 0 aliphatic carbocycles. The van der Waals surface area contributed by atoms with E-state index >= 15 is 0 Å². The molecule has 0 bridgehead atoms. The van der Waals surface area contributed by atoms with E-state index in [-0.39, 0.29) is 35.0 Å². The number of carbonyl (C=O) groups excluding carboxylic acids is 3. The molecule has 45 heavy (non-hydrogen) atoms. The average Bonchev–Trinajstić information content (AvgIpc) is 2.98. The smallest absolute Gasteiger partial charge is 0.330 e. The number of unbranched alkanes of at least 4 members (excludes halogenated alkanes) is 4. The molecule has 12 nitrogen and oxygen atoms in total. The van der Waals surface area contributed by atoms with Crippen LogP contribution in [0, 0.1) is 10.8 Å². The lowest BCUT2D eigenvalue weighted by Crippen LogP contribution is -2.45. The van der Waals surface area contributed by atoms with E-state index in [1.54, 1.807) is 56.5 Å². The highest BCUT2D eigenvalue weighted by Gasteiger charge is 2.35. The standard InChI is InChI=1S/C16H34O7.C10H16O3.C7H14O2/c1-17-7-15(8-18-2,9-19-3)13-23-14-16(10-20-4,11-21-5)12-22-6;1-3-10(12)13-8-6-4-5-7-9(2)11;1-7(9)5-3-2-4-6-8/h7-14H2,1-6H3;3H,1,4-8H2,2H3;8H,2-6H2,1H3. The number of rotatable bonds is 28. The second kappa shape index (κ2) is 33.6. The second-order valence-corrected chi connectivity index (χ2v) is 11.2. The Morgan fingerprint density at radius 3 is 1.22 bits per heavy atom. The van der Waals surface area contributed by atoms with Crippen molar-refractivity contribution in [1.82, 2.24) is 0 Å². The minimum atomic E-state index is -0.383. The molecule has 0 amide bonds. The van der Waals surface area contributed by atoms with Gasteiger partial charge >= 0.3 is 5.97 Å². The molecule has 0 aliphatic rings. The summed E-state index contributed by atoms with van der Waals surface area (Å²) in [6.45, 7) is 10.9. The molecule has 268 valence electrons. The van der Waals surface area contributed by atoms with Gasteiger partial charge in [0.1, 0.15) is 11.6 Å². The Hall–Kier alpha value is -1.77. The lowest BCUT2D eigenvalue weighted by atomic mass is 9.90. The summed E-state index contributed by atoms with van der Waals surface area (Å²) in [7, 11) is 9.95. The number of hydrogen-bond acceptors (Lipinski definition) is 12. The van der Waals surface area contributed by atoms with E-state index < -0.39 is 0 Å². The topological polar surface area (TPSA) is 145 Å². The van der Waals surface area contributed by atoms with Gasteiger partial charge in [0.15, 0.2) is 0 Å². The van der Waals surface area contributed by atoms with E-state index in [9.17, 15) is 14.4 Å². The number of carbonyl (C=O) groups is 3. The third-order valence-electron chi connectivity index (χ3n) is 6.29. The molecule has 0 heterocycles. The Kier molecular flexibility index (Phi) is 35.6. The third-order valence-corrected chi connectivity index (χ3v) is 6.29. The van der Waals surface area contributed by atoms with Crippen LogP contribution >= 0.6 is 0 Å². The summed E-state index contributed by atoms with van der Waals surface area (Å²) < 4.78 is 42.7. The first-order chi connectivity index (χ1) is 21.5. The molecular weight excluding hydrogens is 588 g/mol. The van der Waals surface area contributed by atoms with Gasteiger partial charge in [-0.3, -0.25) is 0 Å². The normalized spacial score (nSPS) is 11.1. The van der Waals surface area contributed by atoms with E-state index in [4.69, 9.17) is 43.0 Å². The minimum Gasteiger partial charge on any atom is -0.463 e. The second-order valence-electron chi connectivity index (χ2n) is 11.2. The fraction of sp³-hybridized carbons (Fsp3) is 0.848. The SMILES string of the molecule is C=CC(=O)OCCCCCC(C)=O.CC(=O)CCCCCO.COCC(COC)(COC)COCC(COC)(COC)COC. The molecule has 0 atom stereocenters. The summed E-state index contributed by atoms with van der Waals surface area (Å²) in [6, 6.07) is 0. The molecule has 12 heteroatoms. The Morgan fingerprint density at radius 1 is 0.578 bits per heavy atom. The van der Waals surface area contributed by atoms with Crippen molar-refractivity contribution in [2.24, 2.45) is 10.8 Å². The number of aliphatic hydroxyl groups excluding tert-OH is 1. The van der Waals surface area contributed by atoms with Crippen LogP contribution in [0.2, 0.25) is 0 Å². The van der Waals surface area contributed by atoms with E-state index in [1.165, 1.54) is 0 Å². The average molecular weight is 653 g/mol. The van der Waals surface area contributed by atoms with Crippen molar-refractivity contribution in [3.8, 4) is 0 Å². The van der Waals surface area contributed by atoms with E-state index in [2.05, 4.69) is 6.58 Å². The summed E-state index contributed by atoms with van der Waals surface area (Å²) in [5.41, 5.74) is -0.700. The summed E-state index contributed by atoms with van der Waals surface area (Å²) in [4.78, 5) is 31.4. The maximum atomic E-state index is 10.6. The van der Waals surface area contributed by atoms with Crippen molar-refractivity contribution in [2.45, 2.75) is 65.2 Å². The molecule has 0 radical (unpaired) electrons. The number of ether oxygens (including phenoxy) is 8. The number of ketones is 2. The predicted octanol–water partition coefficient (Wildman–Crippen LogP) is 3.85. The first kappa shape index (κ1) is 47.6. The third kappa shape index (κ3) is 30.6. The highest BCUT2D eigenvalue weighted by atomic mass is 16.5. The highest BCUT2D eigenvalue weighted by Crippen LogP contribution is 2.24. The molecule has 0 rings (SSSR count). The summed E-state index contributed by atoms with van der Waals surface area (Å²) in [6.07, 6.45) is 7.77. The Labute approximate surface area is 272 Å².